The van der Waals surface area contributed by atoms with Crippen molar-refractivity contribution in [2.75, 3.05) is 0 Å². The third-order valence-corrected chi connectivity index (χ3v) is 3.44. The van der Waals surface area contributed by atoms with Crippen LogP contribution in [0, 0.1) is 13.8 Å². The highest BCUT2D eigenvalue weighted by Crippen LogP contribution is 2.24. The Labute approximate surface area is 104 Å². The number of nitrogens with zero attached hydrogens (tertiary/aromatic N) is 4. The van der Waals surface area contributed by atoms with E-state index in [1.807, 2.05) is 32.3 Å². The van der Waals surface area contributed by atoms with E-state index in [0.29, 0.717) is 0 Å². The molecule has 0 unspecified atom stereocenters. The van der Waals surface area contributed by atoms with Crippen LogP contribution in [0.25, 0.3) is 22.2 Å². The van der Waals surface area contributed by atoms with Gasteiger partial charge in [-0.25, -0.2) is 9.97 Å². The Morgan fingerprint density at radius 2 is 1.94 bits per heavy atom. The molecule has 4 aromatic rings. The van der Waals surface area contributed by atoms with Gasteiger partial charge < -0.3 is 0 Å². The number of rotatable bonds is 0. The van der Waals surface area contributed by atoms with Crippen molar-refractivity contribution < 1.29 is 0 Å². The maximum absolute atomic E-state index is 4.58. The number of benzene rings is 1. The van der Waals surface area contributed by atoms with E-state index in [9.17, 15) is 0 Å². The predicted octanol–water partition coefficient (Wildman–Crippen LogP) is 2.75. The molecule has 0 radical (unpaired) electrons. The first kappa shape index (κ1) is 9.65. The Bertz CT molecular complexity index is 898. The fraction of sp³-hybridized carbons (Fsp3) is 0.143. The minimum absolute atomic E-state index is 0.987. The Balaban J connectivity index is 2.50. The molecule has 0 atom stereocenters. The van der Waals surface area contributed by atoms with E-state index < -0.39 is 0 Å². The molecule has 4 rings (SSSR count). The molecule has 4 nitrogen and oxygen atoms in total. The summed E-state index contributed by atoms with van der Waals surface area (Å²) in [6, 6.07) is 8.31. The number of fused-ring (bicyclic) bond motifs is 6. The number of aromatic nitrogens is 4. The summed E-state index contributed by atoms with van der Waals surface area (Å²) in [5, 5.41) is 1.15. The molecule has 0 aliphatic heterocycles. The molecule has 4 heteroatoms. The summed E-state index contributed by atoms with van der Waals surface area (Å²) < 4.78 is 4.30. The molecule has 0 saturated heterocycles. The summed E-state index contributed by atoms with van der Waals surface area (Å²) in [7, 11) is 0. The zero-order valence-electron chi connectivity index (χ0n) is 10.3. The van der Waals surface area contributed by atoms with Gasteiger partial charge in [-0.05, 0) is 26.0 Å². The van der Waals surface area contributed by atoms with Crippen molar-refractivity contribution in [3.8, 4) is 0 Å². The fourth-order valence-electron chi connectivity index (χ4n) is 2.76. The van der Waals surface area contributed by atoms with Gasteiger partial charge in [-0.3, -0.25) is 8.80 Å². The van der Waals surface area contributed by atoms with Crippen LogP contribution in [0.5, 0.6) is 0 Å². The lowest BCUT2D eigenvalue weighted by atomic mass is 10.2. The zero-order chi connectivity index (χ0) is 12.3. The van der Waals surface area contributed by atoms with Crippen LogP contribution in [0.4, 0.5) is 0 Å². The fourth-order valence-corrected chi connectivity index (χ4v) is 2.76. The molecule has 0 N–H and O–H groups in total. The van der Waals surface area contributed by atoms with E-state index in [4.69, 9.17) is 0 Å². The summed E-state index contributed by atoms with van der Waals surface area (Å²) in [6.45, 7) is 4.08. The first-order chi connectivity index (χ1) is 8.77. The monoisotopic (exact) mass is 236 g/mol. The van der Waals surface area contributed by atoms with Crippen LogP contribution in [0.1, 0.15) is 11.5 Å². The van der Waals surface area contributed by atoms with E-state index in [2.05, 4.69) is 37.0 Å². The number of hydrogen-bond acceptors (Lipinski definition) is 2. The van der Waals surface area contributed by atoms with Crippen LogP contribution in [-0.2, 0) is 0 Å². The maximum atomic E-state index is 4.58. The first-order valence-corrected chi connectivity index (χ1v) is 5.97. The number of aryl methyl sites for hydroxylation is 2. The smallest absolute Gasteiger partial charge is 0.147 e. The van der Waals surface area contributed by atoms with Crippen molar-refractivity contribution in [2.45, 2.75) is 13.8 Å². The average Bonchev–Trinajstić information content (AvgIpc) is 2.95. The average molecular weight is 236 g/mol. The Morgan fingerprint density at radius 1 is 1.11 bits per heavy atom. The first-order valence-electron chi connectivity index (χ1n) is 5.97. The van der Waals surface area contributed by atoms with E-state index in [1.165, 1.54) is 0 Å². The predicted molar refractivity (Wildman–Crippen MR) is 70.9 cm³/mol. The summed E-state index contributed by atoms with van der Waals surface area (Å²) >= 11 is 0. The van der Waals surface area contributed by atoms with Gasteiger partial charge in [-0.15, -0.1) is 0 Å². The standard InChI is InChI=1S/C14H12N4/c1-9-14-17-8-7-15-13(17)11-5-3-4-6-12(11)18(14)10(2)16-9/h3-8H,1-2H3. The minimum Gasteiger partial charge on any atom is -0.283 e. The number of para-hydroxylation sites is 1. The Morgan fingerprint density at radius 3 is 2.83 bits per heavy atom. The number of imidazole rings is 2. The second kappa shape index (κ2) is 3.10. The van der Waals surface area contributed by atoms with Gasteiger partial charge in [-0.1, -0.05) is 12.1 Å². The lowest BCUT2D eigenvalue weighted by Gasteiger charge is -2.07. The van der Waals surface area contributed by atoms with Crippen molar-refractivity contribution in [3.63, 3.8) is 0 Å². The lowest BCUT2D eigenvalue weighted by molar-refractivity contribution is 1.05. The lowest BCUT2D eigenvalue weighted by Crippen LogP contribution is -1.98. The van der Waals surface area contributed by atoms with Gasteiger partial charge in [-0.2, -0.15) is 0 Å². The summed E-state index contributed by atoms with van der Waals surface area (Å²) in [5.41, 5.74) is 4.27. The van der Waals surface area contributed by atoms with Crippen molar-refractivity contribution >= 4 is 22.2 Å². The summed E-state index contributed by atoms with van der Waals surface area (Å²) in [5.74, 6) is 1.01. The summed E-state index contributed by atoms with van der Waals surface area (Å²) in [4.78, 5) is 9.05. The molecule has 0 saturated carbocycles. The van der Waals surface area contributed by atoms with Gasteiger partial charge in [0, 0.05) is 17.8 Å². The van der Waals surface area contributed by atoms with Crippen LogP contribution in [0.15, 0.2) is 36.7 Å². The van der Waals surface area contributed by atoms with Crippen molar-refractivity contribution in [1.29, 1.82) is 0 Å². The molecule has 1 aromatic carbocycles. The topological polar surface area (TPSA) is 34.6 Å². The van der Waals surface area contributed by atoms with E-state index >= 15 is 0 Å². The second-order valence-corrected chi connectivity index (χ2v) is 4.54. The van der Waals surface area contributed by atoms with Gasteiger partial charge in [0.2, 0.25) is 0 Å². The second-order valence-electron chi connectivity index (χ2n) is 4.54. The zero-order valence-corrected chi connectivity index (χ0v) is 10.3. The molecule has 0 amide bonds. The maximum Gasteiger partial charge on any atom is 0.147 e. The highest BCUT2D eigenvalue weighted by Gasteiger charge is 2.13. The number of hydrogen-bond donors (Lipinski definition) is 0. The molecule has 3 heterocycles. The third-order valence-electron chi connectivity index (χ3n) is 3.44. The Hall–Kier alpha value is -2.36. The van der Waals surface area contributed by atoms with Gasteiger partial charge in [0.1, 0.15) is 17.1 Å². The molecule has 88 valence electrons. The highest BCUT2D eigenvalue weighted by atomic mass is 15.1. The van der Waals surface area contributed by atoms with Crippen molar-refractivity contribution in [2.24, 2.45) is 0 Å². The molecule has 3 aromatic heterocycles. The van der Waals surface area contributed by atoms with Crippen LogP contribution >= 0.6 is 0 Å². The van der Waals surface area contributed by atoms with E-state index in [-0.39, 0.29) is 0 Å². The summed E-state index contributed by atoms with van der Waals surface area (Å²) in [6.07, 6.45) is 3.83. The molecule has 0 aliphatic carbocycles. The van der Waals surface area contributed by atoms with Crippen LogP contribution < -0.4 is 0 Å². The Kier molecular flexibility index (Phi) is 1.66. The van der Waals surface area contributed by atoms with Gasteiger partial charge in [0.05, 0.1) is 11.2 Å². The molecule has 18 heavy (non-hydrogen) atoms. The SMILES string of the molecule is Cc1nc(C)n2c3ccccc3c3nccn3c12. The van der Waals surface area contributed by atoms with Gasteiger partial charge in [0.25, 0.3) is 0 Å². The molecule has 0 fully saturated rings. The molecule has 0 bridgehead atoms. The quantitative estimate of drug-likeness (QED) is 0.470. The molecule has 0 aliphatic rings. The van der Waals surface area contributed by atoms with Gasteiger partial charge in [0.15, 0.2) is 0 Å². The van der Waals surface area contributed by atoms with Gasteiger partial charge >= 0.3 is 0 Å². The highest BCUT2D eigenvalue weighted by molar-refractivity contribution is 5.94. The van der Waals surface area contributed by atoms with Crippen molar-refractivity contribution in [1.82, 2.24) is 18.8 Å². The molecule has 0 spiro atoms. The van der Waals surface area contributed by atoms with E-state index in [0.717, 1.165) is 33.7 Å². The van der Waals surface area contributed by atoms with Crippen LogP contribution in [-0.4, -0.2) is 18.8 Å². The van der Waals surface area contributed by atoms with E-state index in [1.54, 1.807) is 0 Å². The normalized spacial score (nSPS) is 11.9. The molecular weight excluding hydrogens is 224 g/mol. The van der Waals surface area contributed by atoms with Crippen molar-refractivity contribution in [3.05, 3.63) is 48.2 Å². The molecular formula is C14H12N4. The largest absolute Gasteiger partial charge is 0.283 e. The van der Waals surface area contributed by atoms with Crippen LogP contribution in [0.3, 0.4) is 0 Å². The third kappa shape index (κ3) is 1.00. The minimum atomic E-state index is 0.987. The van der Waals surface area contributed by atoms with Crippen LogP contribution in [0.2, 0.25) is 0 Å².